The van der Waals surface area contributed by atoms with Crippen LogP contribution in [0.25, 0.3) is 0 Å². The maximum atomic E-state index is 13.1. The van der Waals surface area contributed by atoms with Crippen LogP contribution in [0.15, 0.2) is 30.6 Å². The minimum Gasteiger partial charge on any atom is -0.319 e. The molecule has 4 nitrogen and oxygen atoms in total. The molecule has 2 aromatic rings. The monoisotopic (exact) mass is 290 g/mol. The molecule has 0 saturated carbocycles. The number of benzene rings is 1. The van der Waals surface area contributed by atoms with Gasteiger partial charge in [-0.2, -0.15) is 0 Å². The van der Waals surface area contributed by atoms with Crippen molar-refractivity contribution in [1.82, 2.24) is 20.1 Å². The first-order valence-corrected chi connectivity index (χ1v) is 7.47. The van der Waals surface area contributed by atoms with Gasteiger partial charge in [-0.05, 0) is 31.0 Å². The van der Waals surface area contributed by atoms with Crippen molar-refractivity contribution in [3.8, 4) is 0 Å². The molecule has 1 aromatic carbocycles. The molecule has 0 spiro atoms. The van der Waals surface area contributed by atoms with Gasteiger partial charge in [-0.15, -0.1) is 10.2 Å². The first kappa shape index (κ1) is 15.6. The molecule has 0 saturated heterocycles. The van der Waals surface area contributed by atoms with Gasteiger partial charge < -0.3 is 9.88 Å². The number of hydrogen-bond donors (Lipinski definition) is 1. The molecular weight excluding hydrogens is 267 g/mol. The number of nitrogens with zero attached hydrogens (tertiary/aromatic N) is 3. The summed E-state index contributed by atoms with van der Waals surface area (Å²) in [5, 5.41) is 11.7. The Balaban J connectivity index is 2.12. The van der Waals surface area contributed by atoms with E-state index in [4.69, 9.17) is 0 Å². The molecule has 5 heteroatoms. The van der Waals surface area contributed by atoms with E-state index in [9.17, 15) is 4.39 Å². The van der Waals surface area contributed by atoms with Crippen LogP contribution in [-0.4, -0.2) is 14.8 Å². The van der Waals surface area contributed by atoms with Gasteiger partial charge >= 0.3 is 0 Å². The first-order chi connectivity index (χ1) is 10.1. The molecular formula is C16H23FN4. The van der Waals surface area contributed by atoms with Crippen LogP contribution in [0.3, 0.4) is 0 Å². The number of nitrogens with one attached hydrogen (secondary N) is 1. The minimum absolute atomic E-state index is 0.0874. The average molecular weight is 290 g/mol. The normalized spacial score (nSPS) is 14.1. The number of unbranched alkanes of at least 4 members (excludes halogenated alkanes) is 1. The van der Waals surface area contributed by atoms with E-state index < -0.39 is 0 Å². The third kappa shape index (κ3) is 4.11. The fourth-order valence-electron chi connectivity index (χ4n) is 2.51. The number of rotatable bonds is 7. The number of aryl methyl sites for hydroxylation is 1. The van der Waals surface area contributed by atoms with Crippen LogP contribution >= 0.6 is 0 Å². The van der Waals surface area contributed by atoms with Crippen molar-refractivity contribution in [2.24, 2.45) is 7.05 Å². The van der Waals surface area contributed by atoms with E-state index in [1.54, 1.807) is 6.33 Å². The molecule has 2 rings (SSSR count). The Kier molecular flexibility index (Phi) is 5.44. The molecule has 1 N–H and O–H groups in total. The van der Waals surface area contributed by atoms with Crippen molar-refractivity contribution < 1.29 is 4.39 Å². The maximum absolute atomic E-state index is 13.1. The lowest BCUT2D eigenvalue weighted by Gasteiger charge is -2.23. The van der Waals surface area contributed by atoms with Crippen molar-refractivity contribution in [3.05, 3.63) is 47.8 Å². The Morgan fingerprint density at radius 3 is 2.57 bits per heavy atom. The summed E-state index contributed by atoms with van der Waals surface area (Å²) in [6, 6.07) is 7.02. The van der Waals surface area contributed by atoms with E-state index >= 15 is 0 Å². The van der Waals surface area contributed by atoms with E-state index in [1.807, 2.05) is 23.7 Å². The van der Waals surface area contributed by atoms with Crippen LogP contribution in [0.4, 0.5) is 4.39 Å². The molecule has 0 amide bonds. The van der Waals surface area contributed by atoms with Crippen molar-refractivity contribution in [1.29, 1.82) is 0 Å². The Labute approximate surface area is 125 Å². The zero-order chi connectivity index (χ0) is 15.2. The van der Waals surface area contributed by atoms with Crippen molar-refractivity contribution in [2.45, 2.75) is 45.2 Å². The van der Waals surface area contributed by atoms with Crippen molar-refractivity contribution in [2.75, 3.05) is 0 Å². The van der Waals surface area contributed by atoms with E-state index in [1.165, 1.54) is 12.1 Å². The van der Waals surface area contributed by atoms with Crippen molar-refractivity contribution in [3.63, 3.8) is 0 Å². The molecule has 0 aliphatic heterocycles. The number of aromatic nitrogens is 3. The minimum atomic E-state index is -0.200. The topological polar surface area (TPSA) is 42.7 Å². The highest BCUT2D eigenvalue weighted by Crippen LogP contribution is 2.23. The second-order valence-electron chi connectivity index (χ2n) is 5.43. The summed E-state index contributed by atoms with van der Waals surface area (Å²) in [6.07, 6.45) is 4.98. The summed E-state index contributed by atoms with van der Waals surface area (Å²) in [5.41, 5.74) is 1.11. The second kappa shape index (κ2) is 7.31. The number of halogens is 1. The predicted octanol–water partition coefficient (Wildman–Crippen LogP) is 3.54. The van der Waals surface area contributed by atoms with E-state index in [0.717, 1.165) is 30.7 Å². The van der Waals surface area contributed by atoms with Crippen molar-refractivity contribution >= 4 is 0 Å². The summed E-state index contributed by atoms with van der Waals surface area (Å²) in [5.74, 6) is 0.702. The van der Waals surface area contributed by atoms with E-state index in [2.05, 4.69) is 29.4 Å². The molecule has 1 heterocycles. The van der Waals surface area contributed by atoms with Crippen LogP contribution in [0.1, 0.15) is 56.6 Å². The number of hydrogen-bond acceptors (Lipinski definition) is 3. The van der Waals surface area contributed by atoms with Gasteiger partial charge in [-0.25, -0.2) is 4.39 Å². The lowest BCUT2D eigenvalue weighted by Crippen LogP contribution is -2.26. The van der Waals surface area contributed by atoms with Gasteiger partial charge in [-0.1, -0.05) is 31.9 Å². The first-order valence-electron chi connectivity index (χ1n) is 7.47. The van der Waals surface area contributed by atoms with Crippen LogP contribution in [0, 0.1) is 5.82 Å². The third-order valence-electron chi connectivity index (χ3n) is 3.70. The highest BCUT2D eigenvalue weighted by atomic mass is 19.1. The Morgan fingerprint density at radius 2 is 2.00 bits per heavy atom. The van der Waals surface area contributed by atoms with Gasteiger partial charge in [0.2, 0.25) is 0 Å². The molecule has 0 bridgehead atoms. The lowest BCUT2D eigenvalue weighted by atomic mass is 10.00. The van der Waals surface area contributed by atoms with Gasteiger partial charge in [0, 0.05) is 13.1 Å². The van der Waals surface area contributed by atoms with Gasteiger partial charge in [0.1, 0.15) is 18.0 Å². The molecule has 0 aliphatic rings. The fraction of sp³-hybridized carbons (Fsp3) is 0.500. The highest BCUT2D eigenvalue weighted by Gasteiger charge is 2.18. The third-order valence-corrected chi connectivity index (χ3v) is 3.70. The molecule has 0 radical (unpaired) electrons. The molecule has 114 valence electrons. The van der Waals surface area contributed by atoms with Gasteiger partial charge in [-0.3, -0.25) is 0 Å². The summed E-state index contributed by atoms with van der Waals surface area (Å²) in [7, 11) is 1.94. The maximum Gasteiger partial charge on any atom is 0.149 e. The van der Waals surface area contributed by atoms with E-state index in [-0.39, 0.29) is 17.9 Å². The summed E-state index contributed by atoms with van der Waals surface area (Å²) in [6.45, 7) is 4.25. The molecule has 21 heavy (non-hydrogen) atoms. The van der Waals surface area contributed by atoms with Crippen LogP contribution in [0.5, 0.6) is 0 Å². The standard InChI is InChI=1S/C16H23FN4/c1-4-5-6-15(13-7-9-14(17)10-8-13)19-12(2)16-20-18-11-21(16)3/h7-12,15,19H,4-6H2,1-3H3. The average Bonchev–Trinajstić information content (AvgIpc) is 2.90. The summed E-state index contributed by atoms with van der Waals surface area (Å²) < 4.78 is 15.0. The summed E-state index contributed by atoms with van der Waals surface area (Å²) in [4.78, 5) is 0. The van der Waals surface area contributed by atoms with E-state index in [0.29, 0.717) is 0 Å². The molecule has 0 fully saturated rings. The Morgan fingerprint density at radius 1 is 1.29 bits per heavy atom. The quantitative estimate of drug-likeness (QED) is 0.848. The van der Waals surface area contributed by atoms with Crippen LogP contribution in [-0.2, 0) is 7.05 Å². The Hall–Kier alpha value is -1.75. The molecule has 1 aromatic heterocycles. The fourth-order valence-corrected chi connectivity index (χ4v) is 2.51. The summed E-state index contributed by atoms with van der Waals surface area (Å²) >= 11 is 0. The molecule has 2 unspecified atom stereocenters. The van der Waals surface area contributed by atoms with Crippen LogP contribution in [0.2, 0.25) is 0 Å². The smallest absolute Gasteiger partial charge is 0.149 e. The highest BCUT2D eigenvalue weighted by molar-refractivity contribution is 5.20. The molecule has 2 atom stereocenters. The largest absolute Gasteiger partial charge is 0.319 e. The van der Waals surface area contributed by atoms with Gasteiger partial charge in [0.25, 0.3) is 0 Å². The predicted molar refractivity (Wildman–Crippen MR) is 81.2 cm³/mol. The zero-order valence-electron chi connectivity index (χ0n) is 12.9. The SMILES string of the molecule is CCCCC(NC(C)c1nncn1C)c1ccc(F)cc1. The van der Waals surface area contributed by atoms with Gasteiger partial charge in [0.05, 0.1) is 6.04 Å². The molecule has 0 aliphatic carbocycles. The lowest BCUT2D eigenvalue weighted by molar-refractivity contribution is 0.414. The van der Waals surface area contributed by atoms with Gasteiger partial charge in [0.15, 0.2) is 0 Å². The zero-order valence-corrected chi connectivity index (χ0v) is 12.9. The Bertz CT molecular complexity index is 550. The second-order valence-corrected chi connectivity index (χ2v) is 5.43. The van der Waals surface area contributed by atoms with Crippen LogP contribution < -0.4 is 5.32 Å².